The molecule has 1 aromatic carbocycles. The number of rotatable bonds is 4. The Kier molecular flexibility index (Phi) is 4.96. The molecule has 0 bridgehead atoms. The third-order valence-electron chi connectivity index (χ3n) is 4.69. The highest BCUT2D eigenvalue weighted by molar-refractivity contribution is 6.34. The minimum Gasteiger partial charge on any atom is -0.315 e. The molecule has 0 unspecified atom stereocenters. The molecular formula is C21H17Cl2N3O2. The lowest BCUT2D eigenvalue weighted by molar-refractivity contribution is 0.617. The van der Waals surface area contributed by atoms with Crippen LogP contribution < -0.4 is 11.1 Å². The van der Waals surface area contributed by atoms with E-state index >= 15 is 0 Å². The molecule has 0 aliphatic heterocycles. The monoisotopic (exact) mass is 413 g/mol. The summed E-state index contributed by atoms with van der Waals surface area (Å²) in [6, 6.07) is 10.1. The van der Waals surface area contributed by atoms with Crippen LogP contribution in [0.3, 0.4) is 0 Å². The summed E-state index contributed by atoms with van der Waals surface area (Å²) in [7, 11) is 0. The average Bonchev–Trinajstić information content (AvgIpc) is 2.66. The molecule has 0 radical (unpaired) electrons. The maximum atomic E-state index is 13.1. The Morgan fingerprint density at radius 2 is 1.54 bits per heavy atom. The third-order valence-corrected chi connectivity index (χ3v) is 5.13. The van der Waals surface area contributed by atoms with Crippen LogP contribution in [0.15, 0.2) is 58.4 Å². The summed E-state index contributed by atoms with van der Waals surface area (Å²) in [5, 5.41) is 1.68. The minimum absolute atomic E-state index is 0.138. The van der Waals surface area contributed by atoms with Crippen LogP contribution in [0.1, 0.15) is 19.8 Å². The Hall–Kier alpha value is -2.63. The summed E-state index contributed by atoms with van der Waals surface area (Å²) in [4.78, 5) is 30.4. The number of pyridine rings is 3. The number of benzene rings is 1. The molecule has 5 nitrogen and oxygen atoms in total. The van der Waals surface area contributed by atoms with Crippen molar-refractivity contribution in [2.75, 3.05) is 0 Å². The molecule has 7 heteroatoms. The normalized spacial score (nSPS) is 11.4. The number of fused-ring (bicyclic) bond motifs is 2. The van der Waals surface area contributed by atoms with Crippen molar-refractivity contribution in [3.8, 4) is 5.69 Å². The van der Waals surface area contributed by atoms with Crippen molar-refractivity contribution in [1.29, 1.82) is 0 Å². The minimum atomic E-state index is -0.284. The quantitative estimate of drug-likeness (QED) is 0.451. The molecule has 3 heterocycles. The van der Waals surface area contributed by atoms with Crippen LogP contribution in [0.5, 0.6) is 0 Å². The fourth-order valence-electron chi connectivity index (χ4n) is 3.25. The lowest BCUT2D eigenvalue weighted by Crippen LogP contribution is -2.21. The van der Waals surface area contributed by atoms with E-state index in [1.54, 1.807) is 47.3 Å². The molecule has 0 saturated carbocycles. The van der Waals surface area contributed by atoms with Gasteiger partial charge < -0.3 is 4.57 Å². The molecule has 0 fully saturated rings. The van der Waals surface area contributed by atoms with Gasteiger partial charge in [0.25, 0.3) is 11.1 Å². The van der Waals surface area contributed by atoms with E-state index in [1.165, 1.54) is 4.57 Å². The van der Waals surface area contributed by atoms with E-state index in [0.29, 0.717) is 44.1 Å². The number of aryl methyl sites for hydroxylation is 1. The number of halogens is 2. The number of aromatic nitrogens is 3. The van der Waals surface area contributed by atoms with Gasteiger partial charge in [0, 0.05) is 29.0 Å². The van der Waals surface area contributed by atoms with Gasteiger partial charge in [-0.1, -0.05) is 36.5 Å². The van der Waals surface area contributed by atoms with Gasteiger partial charge in [-0.3, -0.25) is 14.2 Å². The van der Waals surface area contributed by atoms with Gasteiger partial charge in [-0.2, -0.15) is 0 Å². The number of nitrogens with zero attached hydrogens (tertiary/aromatic N) is 3. The van der Waals surface area contributed by atoms with Crippen LogP contribution >= 0.6 is 23.2 Å². The zero-order chi connectivity index (χ0) is 19.8. The Labute approximate surface area is 170 Å². The standard InChI is InChI=1S/C21H17Cl2N3O2/c1-2-3-6-25-7-4-18-16(20(25)27)12-17-19(24-18)5-8-26(21(17)28)15-10-13(22)9-14(23)11-15/h4-5,7-12H,2-3,6H2,1H3. The molecule has 3 aromatic heterocycles. The zero-order valence-electron chi connectivity index (χ0n) is 15.2. The van der Waals surface area contributed by atoms with E-state index in [0.717, 1.165) is 12.8 Å². The molecular weight excluding hydrogens is 397 g/mol. The smallest absolute Gasteiger partial charge is 0.264 e. The molecule has 0 spiro atoms. The van der Waals surface area contributed by atoms with Crippen LogP contribution in [0, 0.1) is 0 Å². The topological polar surface area (TPSA) is 56.9 Å². The molecule has 142 valence electrons. The molecule has 0 saturated heterocycles. The molecule has 0 amide bonds. The first-order valence-corrected chi connectivity index (χ1v) is 9.75. The average molecular weight is 414 g/mol. The third kappa shape index (κ3) is 3.32. The molecule has 0 atom stereocenters. The van der Waals surface area contributed by atoms with E-state index in [1.807, 2.05) is 6.07 Å². The first-order chi connectivity index (χ1) is 13.5. The summed E-state index contributed by atoms with van der Waals surface area (Å²) in [5.41, 5.74) is 1.24. The van der Waals surface area contributed by atoms with Crippen molar-refractivity contribution in [3.05, 3.63) is 79.5 Å². The van der Waals surface area contributed by atoms with Crippen LogP contribution in [0.25, 0.3) is 27.5 Å². The van der Waals surface area contributed by atoms with Crippen LogP contribution in [0.2, 0.25) is 10.0 Å². The Bertz CT molecular complexity index is 1310. The highest BCUT2D eigenvalue weighted by Crippen LogP contribution is 2.22. The van der Waals surface area contributed by atoms with Gasteiger partial charge in [0.05, 0.1) is 27.5 Å². The number of unbranched alkanes of at least 4 members (excludes halogenated alkanes) is 1. The lowest BCUT2D eigenvalue weighted by atomic mass is 10.2. The second-order valence-corrected chi connectivity index (χ2v) is 7.51. The van der Waals surface area contributed by atoms with Crippen LogP contribution in [-0.4, -0.2) is 14.1 Å². The molecule has 0 aliphatic rings. The molecule has 4 rings (SSSR count). The lowest BCUT2D eigenvalue weighted by Gasteiger charge is -2.10. The van der Waals surface area contributed by atoms with Gasteiger partial charge in [0.15, 0.2) is 0 Å². The first-order valence-electron chi connectivity index (χ1n) is 9.00. The van der Waals surface area contributed by atoms with E-state index in [2.05, 4.69) is 11.9 Å². The molecule has 4 aromatic rings. The fraction of sp³-hybridized carbons (Fsp3) is 0.190. The van der Waals surface area contributed by atoms with Crippen LogP contribution in [0.4, 0.5) is 0 Å². The van der Waals surface area contributed by atoms with E-state index < -0.39 is 0 Å². The molecule has 0 N–H and O–H groups in total. The van der Waals surface area contributed by atoms with Crippen molar-refractivity contribution in [2.45, 2.75) is 26.3 Å². The van der Waals surface area contributed by atoms with E-state index in [9.17, 15) is 9.59 Å². The summed E-state index contributed by atoms with van der Waals surface area (Å²) in [5.74, 6) is 0. The molecule has 28 heavy (non-hydrogen) atoms. The summed E-state index contributed by atoms with van der Waals surface area (Å²) >= 11 is 12.1. The van der Waals surface area contributed by atoms with Gasteiger partial charge in [0.1, 0.15) is 0 Å². The molecule has 0 aliphatic carbocycles. The second-order valence-electron chi connectivity index (χ2n) is 6.64. The largest absolute Gasteiger partial charge is 0.315 e. The van der Waals surface area contributed by atoms with Crippen molar-refractivity contribution in [3.63, 3.8) is 0 Å². The Morgan fingerprint density at radius 3 is 2.21 bits per heavy atom. The van der Waals surface area contributed by atoms with Gasteiger partial charge >= 0.3 is 0 Å². The summed E-state index contributed by atoms with van der Waals surface area (Å²) in [6.07, 6.45) is 5.30. The van der Waals surface area contributed by atoms with Crippen molar-refractivity contribution in [2.24, 2.45) is 0 Å². The van der Waals surface area contributed by atoms with E-state index in [4.69, 9.17) is 23.2 Å². The maximum absolute atomic E-state index is 13.1. The summed E-state index contributed by atoms with van der Waals surface area (Å²) in [6.45, 7) is 2.72. The van der Waals surface area contributed by atoms with Crippen molar-refractivity contribution in [1.82, 2.24) is 14.1 Å². The first kappa shape index (κ1) is 18.7. The van der Waals surface area contributed by atoms with Crippen LogP contribution in [-0.2, 0) is 6.54 Å². The van der Waals surface area contributed by atoms with Crippen molar-refractivity contribution < 1.29 is 0 Å². The second kappa shape index (κ2) is 7.41. The Morgan fingerprint density at radius 1 is 0.893 bits per heavy atom. The van der Waals surface area contributed by atoms with Gasteiger partial charge in [-0.05, 0) is 42.8 Å². The van der Waals surface area contributed by atoms with Gasteiger partial charge in [-0.25, -0.2) is 4.98 Å². The number of hydrogen-bond donors (Lipinski definition) is 0. The predicted octanol–water partition coefficient (Wildman–Crippen LogP) is 4.81. The SMILES string of the molecule is CCCCn1ccc2nc3ccn(-c4cc(Cl)cc(Cl)c4)c(=O)c3cc2c1=O. The number of hydrogen-bond acceptors (Lipinski definition) is 3. The maximum Gasteiger partial charge on any atom is 0.264 e. The zero-order valence-corrected chi connectivity index (χ0v) is 16.7. The van der Waals surface area contributed by atoms with Gasteiger partial charge in [0.2, 0.25) is 0 Å². The van der Waals surface area contributed by atoms with Crippen molar-refractivity contribution >= 4 is 45.0 Å². The Balaban J connectivity index is 1.96. The predicted molar refractivity (Wildman–Crippen MR) is 114 cm³/mol. The summed E-state index contributed by atoms with van der Waals surface area (Å²) < 4.78 is 3.11. The van der Waals surface area contributed by atoms with E-state index in [-0.39, 0.29) is 11.1 Å². The highest BCUT2D eigenvalue weighted by Gasteiger charge is 2.11. The highest BCUT2D eigenvalue weighted by atomic mass is 35.5. The van der Waals surface area contributed by atoms with Gasteiger partial charge in [-0.15, -0.1) is 0 Å². The fourth-order valence-corrected chi connectivity index (χ4v) is 3.77.